The minimum atomic E-state index is -0.849. The van der Waals surface area contributed by atoms with Crippen LogP contribution in [-0.4, -0.2) is 21.7 Å². The van der Waals surface area contributed by atoms with Crippen molar-refractivity contribution in [2.45, 2.75) is 44.1 Å². The summed E-state index contributed by atoms with van der Waals surface area (Å²) in [5.41, 5.74) is -0.778. The van der Waals surface area contributed by atoms with Gasteiger partial charge in [0.15, 0.2) is 0 Å². The minimum absolute atomic E-state index is 0.0710. The van der Waals surface area contributed by atoms with Crippen molar-refractivity contribution in [3.63, 3.8) is 0 Å². The van der Waals surface area contributed by atoms with Gasteiger partial charge in [0.2, 0.25) is 0 Å². The number of hydrogen-bond acceptors (Lipinski definition) is 4. The molecule has 1 amide bonds. The van der Waals surface area contributed by atoms with Gasteiger partial charge in [0.05, 0.1) is 11.6 Å². The molecule has 1 aromatic rings. The van der Waals surface area contributed by atoms with Gasteiger partial charge in [0, 0.05) is 6.07 Å². The standard InChI is InChI=1S/C15H18N2O3/c16-10-15(7-3-1-2-4-8-15)17-14(20)12-6-5-11(18)9-13(12)19/h5-6,9,18-19H,1-4,7-8H2,(H,17,20). The third-order valence-electron chi connectivity index (χ3n) is 3.75. The van der Waals surface area contributed by atoms with Gasteiger partial charge in [-0.1, -0.05) is 25.7 Å². The minimum Gasteiger partial charge on any atom is -0.508 e. The lowest BCUT2D eigenvalue weighted by Gasteiger charge is -2.26. The Bertz CT molecular complexity index is 541. The lowest BCUT2D eigenvalue weighted by molar-refractivity contribution is 0.0910. The zero-order valence-electron chi connectivity index (χ0n) is 11.2. The number of amides is 1. The van der Waals surface area contributed by atoms with Crippen LogP contribution in [0.3, 0.4) is 0 Å². The maximum absolute atomic E-state index is 12.2. The van der Waals surface area contributed by atoms with E-state index in [4.69, 9.17) is 0 Å². The van der Waals surface area contributed by atoms with E-state index in [0.717, 1.165) is 31.7 Å². The van der Waals surface area contributed by atoms with Gasteiger partial charge in [0.25, 0.3) is 5.91 Å². The molecule has 5 nitrogen and oxygen atoms in total. The smallest absolute Gasteiger partial charge is 0.256 e. The maximum atomic E-state index is 12.2. The maximum Gasteiger partial charge on any atom is 0.256 e. The SMILES string of the molecule is N#CC1(NC(=O)c2ccc(O)cc2O)CCCCCC1. The molecule has 106 valence electrons. The highest BCUT2D eigenvalue weighted by Gasteiger charge is 2.33. The quantitative estimate of drug-likeness (QED) is 0.722. The van der Waals surface area contributed by atoms with Crippen LogP contribution in [0, 0.1) is 11.3 Å². The Kier molecular flexibility index (Phi) is 4.14. The van der Waals surface area contributed by atoms with Gasteiger partial charge in [-0.05, 0) is 25.0 Å². The Morgan fingerprint density at radius 3 is 2.40 bits per heavy atom. The van der Waals surface area contributed by atoms with Crippen LogP contribution in [0.1, 0.15) is 48.9 Å². The van der Waals surface area contributed by atoms with Gasteiger partial charge in [-0.25, -0.2) is 0 Å². The Morgan fingerprint density at radius 2 is 1.85 bits per heavy atom. The molecule has 0 aliphatic heterocycles. The monoisotopic (exact) mass is 274 g/mol. The van der Waals surface area contributed by atoms with Gasteiger partial charge < -0.3 is 15.5 Å². The number of hydrogen-bond donors (Lipinski definition) is 3. The Morgan fingerprint density at radius 1 is 1.20 bits per heavy atom. The number of nitriles is 1. The van der Waals surface area contributed by atoms with E-state index in [1.54, 1.807) is 0 Å². The fourth-order valence-electron chi connectivity index (χ4n) is 2.59. The van der Waals surface area contributed by atoms with Gasteiger partial charge in [-0.15, -0.1) is 0 Å². The van der Waals surface area contributed by atoms with Crippen LogP contribution in [0.4, 0.5) is 0 Å². The summed E-state index contributed by atoms with van der Waals surface area (Å²) >= 11 is 0. The Labute approximate surface area is 117 Å². The lowest BCUT2D eigenvalue weighted by atomic mass is 9.91. The molecule has 1 aromatic carbocycles. The average Bonchev–Trinajstić information content (AvgIpc) is 2.64. The highest BCUT2D eigenvalue weighted by atomic mass is 16.3. The molecule has 1 saturated carbocycles. The summed E-state index contributed by atoms with van der Waals surface area (Å²) in [6.45, 7) is 0. The third kappa shape index (κ3) is 3.02. The first-order valence-electron chi connectivity index (χ1n) is 6.82. The van der Waals surface area contributed by atoms with Gasteiger partial charge in [0.1, 0.15) is 17.0 Å². The molecular weight excluding hydrogens is 256 g/mol. The van der Waals surface area contributed by atoms with Gasteiger partial charge in [-0.3, -0.25) is 4.79 Å². The van der Waals surface area contributed by atoms with Crippen LogP contribution in [-0.2, 0) is 0 Å². The number of phenols is 2. The second kappa shape index (κ2) is 5.83. The van der Waals surface area contributed by atoms with Crippen LogP contribution >= 0.6 is 0 Å². The van der Waals surface area contributed by atoms with Crippen molar-refractivity contribution in [1.82, 2.24) is 5.32 Å². The second-order valence-corrected chi connectivity index (χ2v) is 5.26. The summed E-state index contributed by atoms with van der Waals surface area (Å²) < 4.78 is 0. The number of carbonyl (C=O) groups is 1. The van der Waals surface area contributed by atoms with Crippen molar-refractivity contribution >= 4 is 5.91 Å². The zero-order valence-corrected chi connectivity index (χ0v) is 11.2. The first kappa shape index (κ1) is 14.2. The molecule has 0 saturated heterocycles. The number of nitrogens with zero attached hydrogens (tertiary/aromatic N) is 1. The Balaban J connectivity index is 2.18. The largest absolute Gasteiger partial charge is 0.508 e. The average molecular weight is 274 g/mol. The van der Waals surface area contributed by atoms with Crippen molar-refractivity contribution in [3.8, 4) is 17.6 Å². The number of benzene rings is 1. The Hall–Kier alpha value is -2.22. The normalized spacial score (nSPS) is 17.8. The molecule has 0 bridgehead atoms. The topological polar surface area (TPSA) is 93.4 Å². The van der Waals surface area contributed by atoms with Crippen LogP contribution in [0.5, 0.6) is 11.5 Å². The highest BCUT2D eigenvalue weighted by Crippen LogP contribution is 2.28. The van der Waals surface area contributed by atoms with Crippen molar-refractivity contribution in [3.05, 3.63) is 23.8 Å². The van der Waals surface area contributed by atoms with Crippen molar-refractivity contribution in [2.24, 2.45) is 0 Å². The van der Waals surface area contributed by atoms with Crippen molar-refractivity contribution in [1.29, 1.82) is 5.26 Å². The molecule has 3 N–H and O–H groups in total. The van der Waals surface area contributed by atoms with Crippen molar-refractivity contribution in [2.75, 3.05) is 0 Å². The second-order valence-electron chi connectivity index (χ2n) is 5.26. The summed E-state index contributed by atoms with van der Waals surface area (Å²) in [6, 6.07) is 6.02. The molecule has 2 rings (SSSR count). The molecule has 1 fully saturated rings. The van der Waals surface area contributed by atoms with Crippen LogP contribution in [0.2, 0.25) is 0 Å². The number of carbonyl (C=O) groups excluding carboxylic acids is 1. The highest BCUT2D eigenvalue weighted by molar-refractivity contribution is 5.97. The first-order chi connectivity index (χ1) is 9.56. The lowest BCUT2D eigenvalue weighted by Crippen LogP contribution is -2.47. The molecule has 20 heavy (non-hydrogen) atoms. The summed E-state index contributed by atoms with van der Waals surface area (Å²) in [7, 11) is 0. The number of rotatable bonds is 2. The van der Waals surface area contributed by atoms with E-state index in [1.165, 1.54) is 12.1 Å². The van der Waals surface area contributed by atoms with Crippen LogP contribution < -0.4 is 5.32 Å². The van der Waals surface area contributed by atoms with E-state index in [1.807, 2.05) is 0 Å². The molecule has 0 unspecified atom stereocenters. The summed E-state index contributed by atoms with van der Waals surface area (Å²) in [5, 5.41) is 31.1. The van der Waals surface area contributed by atoms with Crippen LogP contribution in [0.25, 0.3) is 0 Å². The fraction of sp³-hybridized carbons (Fsp3) is 0.467. The number of nitrogens with one attached hydrogen (secondary N) is 1. The van der Waals surface area contributed by atoms with E-state index in [0.29, 0.717) is 12.8 Å². The fourth-order valence-corrected chi connectivity index (χ4v) is 2.59. The van der Waals surface area contributed by atoms with Crippen molar-refractivity contribution < 1.29 is 15.0 Å². The van der Waals surface area contributed by atoms with E-state index in [2.05, 4.69) is 11.4 Å². The zero-order chi connectivity index (χ0) is 14.6. The molecule has 0 spiro atoms. The predicted molar refractivity (Wildman–Crippen MR) is 73.3 cm³/mol. The van der Waals surface area contributed by atoms with E-state index < -0.39 is 11.4 Å². The summed E-state index contributed by atoms with van der Waals surface area (Å²) in [6.07, 6.45) is 5.24. The van der Waals surface area contributed by atoms with Gasteiger partial charge in [-0.2, -0.15) is 5.26 Å². The first-order valence-corrected chi connectivity index (χ1v) is 6.82. The molecule has 1 aliphatic carbocycles. The predicted octanol–water partition coefficient (Wildman–Crippen LogP) is 2.44. The number of phenolic OH excluding ortho intramolecular Hbond substituents is 2. The molecule has 5 heteroatoms. The summed E-state index contributed by atoms with van der Waals surface area (Å²) in [5.74, 6) is -0.876. The molecule has 0 heterocycles. The van der Waals surface area contributed by atoms with E-state index in [9.17, 15) is 20.3 Å². The number of aromatic hydroxyl groups is 2. The van der Waals surface area contributed by atoms with Crippen LogP contribution in [0.15, 0.2) is 18.2 Å². The van der Waals surface area contributed by atoms with E-state index >= 15 is 0 Å². The molecular formula is C15H18N2O3. The molecule has 0 radical (unpaired) electrons. The molecule has 1 aliphatic rings. The van der Waals surface area contributed by atoms with E-state index in [-0.39, 0.29) is 17.1 Å². The third-order valence-corrected chi connectivity index (χ3v) is 3.75. The van der Waals surface area contributed by atoms with Gasteiger partial charge >= 0.3 is 0 Å². The molecule has 0 aromatic heterocycles. The summed E-state index contributed by atoms with van der Waals surface area (Å²) in [4.78, 5) is 12.2. The molecule has 0 atom stereocenters.